The van der Waals surface area contributed by atoms with Crippen molar-refractivity contribution >= 4 is 0 Å². The van der Waals surface area contributed by atoms with Crippen molar-refractivity contribution in [2.75, 3.05) is 6.61 Å². The quantitative estimate of drug-likeness (QED) is 0.440. The summed E-state index contributed by atoms with van der Waals surface area (Å²) in [6.45, 7) is 0.376. The zero-order valence-corrected chi connectivity index (χ0v) is 13.0. The van der Waals surface area contributed by atoms with E-state index in [9.17, 15) is 0 Å². The van der Waals surface area contributed by atoms with E-state index in [2.05, 4.69) is 0 Å². The molecule has 0 aliphatic heterocycles. The maximum atomic E-state index is 8.68. The highest BCUT2D eigenvalue weighted by molar-refractivity contribution is 4.65. The minimum absolute atomic E-state index is 0.376. The zero-order valence-electron chi connectivity index (χ0n) is 13.0. The molecule has 0 bridgehead atoms. The molecule has 0 spiro atoms. The molecule has 0 unspecified atom stereocenters. The van der Waals surface area contributed by atoms with Crippen LogP contribution in [-0.4, -0.2) is 11.7 Å². The van der Waals surface area contributed by atoms with Crippen molar-refractivity contribution in [3.63, 3.8) is 0 Å². The van der Waals surface area contributed by atoms with Crippen LogP contribution in [0.25, 0.3) is 0 Å². The van der Waals surface area contributed by atoms with Gasteiger partial charge in [-0.3, -0.25) is 0 Å². The summed E-state index contributed by atoms with van der Waals surface area (Å²) >= 11 is 0. The first-order chi connectivity index (χ1) is 9.43. The second kappa shape index (κ2) is 13.0. The monoisotopic (exact) mass is 268 g/mol. The molecule has 0 aromatic carbocycles. The lowest BCUT2D eigenvalue weighted by atomic mass is 9.85. The number of rotatable bonds is 12. The fourth-order valence-corrected chi connectivity index (χ4v) is 3.43. The Morgan fingerprint density at radius 2 is 1.05 bits per heavy atom. The van der Waals surface area contributed by atoms with Crippen LogP contribution in [-0.2, 0) is 0 Å². The Hall–Kier alpha value is -0.0400. The minimum Gasteiger partial charge on any atom is -0.396 e. The predicted molar refractivity (Wildman–Crippen MR) is 84.4 cm³/mol. The number of aliphatic hydroxyl groups excluding tert-OH is 1. The summed E-state index contributed by atoms with van der Waals surface area (Å²) in [5, 5.41) is 8.68. The van der Waals surface area contributed by atoms with Crippen molar-refractivity contribution in [1.29, 1.82) is 0 Å². The first kappa shape index (κ1) is 17.0. The molecule has 1 saturated carbocycles. The molecule has 0 saturated heterocycles. The van der Waals surface area contributed by atoms with Gasteiger partial charge in [0.2, 0.25) is 0 Å². The summed E-state index contributed by atoms with van der Waals surface area (Å²) in [5.41, 5.74) is 0. The highest BCUT2D eigenvalue weighted by Gasteiger charge is 2.12. The van der Waals surface area contributed by atoms with Gasteiger partial charge in [-0.2, -0.15) is 0 Å². The first-order valence-corrected chi connectivity index (χ1v) is 9.04. The lowest BCUT2D eigenvalue weighted by Crippen LogP contribution is -2.05. The third-order valence-corrected chi connectivity index (χ3v) is 4.75. The van der Waals surface area contributed by atoms with Crippen LogP contribution in [0.4, 0.5) is 0 Å². The summed E-state index contributed by atoms with van der Waals surface area (Å²) in [4.78, 5) is 0. The van der Waals surface area contributed by atoms with Crippen LogP contribution in [0.1, 0.15) is 103 Å². The zero-order chi connectivity index (χ0) is 13.6. The van der Waals surface area contributed by atoms with Gasteiger partial charge in [0.05, 0.1) is 0 Å². The summed E-state index contributed by atoms with van der Waals surface area (Å²) in [5.74, 6) is 1.08. The normalized spacial score (nSPS) is 16.9. The molecular weight excluding hydrogens is 232 g/mol. The van der Waals surface area contributed by atoms with E-state index in [0.717, 1.165) is 12.3 Å². The molecular formula is C18H36O. The maximum Gasteiger partial charge on any atom is 0.0431 e. The van der Waals surface area contributed by atoms with Gasteiger partial charge in [-0.25, -0.2) is 0 Å². The summed E-state index contributed by atoms with van der Waals surface area (Å²) in [6, 6.07) is 0. The van der Waals surface area contributed by atoms with E-state index in [1.54, 1.807) is 0 Å². The third-order valence-electron chi connectivity index (χ3n) is 4.75. The largest absolute Gasteiger partial charge is 0.396 e. The lowest BCUT2D eigenvalue weighted by molar-refractivity contribution is 0.282. The first-order valence-electron chi connectivity index (χ1n) is 9.04. The topological polar surface area (TPSA) is 20.2 Å². The van der Waals surface area contributed by atoms with Crippen molar-refractivity contribution in [3.8, 4) is 0 Å². The van der Waals surface area contributed by atoms with Gasteiger partial charge in [-0.05, 0) is 12.3 Å². The van der Waals surface area contributed by atoms with E-state index in [-0.39, 0.29) is 0 Å². The smallest absolute Gasteiger partial charge is 0.0431 e. The molecule has 0 amide bonds. The van der Waals surface area contributed by atoms with Gasteiger partial charge in [0.1, 0.15) is 0 Å². The van der Waals surface area contributed by atoms with Gasteiger partial charge in [0.15, 0.2) is 0 Å². The summed E-state index contributed by atoms with van der Waals surface area (Å²) in [7, 11) is 0. The molecule has 1 N–H and O–H groups in total. The van der Waals surface area contributed by atoms with Crippen molar-refractivity contribution < 1.29 is 5.11 Å². The van der Waals surface area contributed by atoms with Crippen LogP contribution in [0, 0.1) is 5.92 Å². The molecule has 0 atom stereocenters. The van der Waals surface area contributed by atoms with Crippen LogP contribution in [0.3, 0.4) is 0 Å². The highest BCUT2D eigenvalue weighted by Crippen LogP contribution is 2.28. The van der Waals surface area contributed by atoms with E-state index < -0.39 is 0 Å². The van der Waals surface area contributed by atoms with Crippen LogP contribution in [0.15, 0.2) is 0 Å². The molecule has 1 nitrogen and oxygen atoms in total. The van der Waals surface area contributed by atoms with Crippen molar-refractivity contribution in [1.82, 2.24) is 0 Å². The standard InChI is InChI=1S/C18H36O/c19-17-13-8-6-4-2-1-3-5-7-10-14-18-15-11-9-12-16-18/h18-19H,1-17H2. The highest BCUT2D eigenvalue weighted by atomic mass is 16.2. The second-order valence-electron chi connectivity index (χ2n) is 6.55. The van der Waals surface area contributed by atoms with Crippen molar-refractivity contribution in [2.45, 2.75) is 103 Å². The molecule has 0 radical (unpaired) electrons. The Morgan fingerprint density at radius 1 is 0.579 bits per heavy atom. The third kappa shape index (κ3) is 10.4. The van der Waals surface area contributed by atoms with Crippen LogP contribution < -0.4 is 0 Å². The van der Waals surface area contributed by atoms with Crippen LogP contribution in [0.5, 0.6) is 0 Å². The SMILES string of the molecule is OCCCCCCCCCCCCC1CCCCC1. The number of aliphatic hydroxyl groups is 1. The molecule has 114 valence electrons. The lowest BCUT2D eigenvalue weighted by Gasteiger charge is -2.21. The van der Waals surface area contributed by atoms with E-state index in [1.807, 2.05) is 0 Å². The molecule has 19 heavy (non-hydrogen) atoms. The Balaban J connectivity index is 1.71. The summed E-state index contributed by atoms with van der Waals surface area (Å²) in [6.07, 6.45) is 22.7. The number of unbranched alkanes of at least 4 members (excludes halogenated alkanes) is 9. The van der Waals surface area contributed by atoms with E-state index in [0.29, 0.717) is 6.61 Å². The summed E-state index contributed by atoms with van der Waals surface area (Å²) < 4.78 is 0. The molecule has 1 heteroatoms. The Bertz CT molecular complexity index is 173. The molecule has 0 heterocycles. The molecule has 1 rings (SSSR count). The number of hydrogen-bond donors (Lipinski definition) is 1. The van der Waals surface area contributed by atoms with Crippen LogP contribution in [0.2, 0.25) is 0 Å². The Morgan fingerprint density at radius 3 is 1.58 bits per heavy atom. The average Bonchev–Trinajstić information content (AvgIpc) is 2.46. The van der Waals surface area contributed by atoms with E-state index in [1.165, 1.54) is 96.3 Å². The molecule has 0 aromatic rings. The average molecular weight is 268 g/mol. The molecule has 1 aliphatic rings. The van der Waals surface area contributed by atoms with Gasteiger partial charge in [-0.15, -0.1) is 0 Å². The molecule has 0 aromatic heterocycles. The molecule has 1 aliphatic carbocycles. The minimum atomic E-state index is 0.376. The fraction of sp³-hybridized carbons (Fsp3) is 1.00. The maximum absolute atomic E-state index is 8.68. The van der Waals surface area contributed by atoms with Crippen molar-refractivity contribution in [2.24, 2.45) is 5.92 Å². The van der Waals surface area contributed by atoms with Gasteiger partial charge in [-0.1, -0.05) is 96.3 Å². The fourth-order valence-electron chi connectivity index (χ4n) is 3.43. The van der Waals surface area contributed by atoms with Crippen LogP contribution >= 0.6 is 0 Å². The predicted octanol–water partition coefficient (Wildman–Crippen LogP) is 5.85. The molecule has 1 fully saturated rings. The van der Waals surface area contributed by atoms with Crippen molar-refractivity contribution in [3.05, 3.63) is 0 Å². The van der Waals surface area contributed by atoms with Gasteiger partial charge < -0.3 is 5.11 Å². The Kier molecular flexibility index (Phi) is 11.6. The Labute approximate surface area is 121 Å². The van der Waals surface area contributed by atoms with Gasteiger partial charge >= 0.3 is 0 Å². The second-order valence-corrected chi connectivity index (χ2v) is 6.55. The van der Waals surface area contributed by atoms with E-state index in [4.69, 9.17) is 5.11 Å². The van der Waals surface area contributed by atoms with Gasteiger partial charge in [0.25, 0.3) is 0 Å². The van der Waals surface area contributed by atoms with Gasteiger partial charge in [0, 0.05) is 6.61 Å². The van der Waals surface area contributed by atoms with E-state index >= 15 is 0 Å². The number of hydrogen-bond acceptors (Lipinski definition) is 1.